The summed E-state index contributed by atoms with van der Waals surface area (Å²) in [4.78, 5) is 4.49. The topological polar surface area (TPSA) is 68.3 Å². The molecule has 0 bridgehead atoms. The Labute approximate surface area is 127 Å². The number of hydrogen-bond donors (Lipinski definition) is 1. The molecule has 1 aromatic heterocycles. The summed E-state index contributed by atoms with van der Waals surface area (Å²) in [5, 5.41) is 2.81. The van der Waals surface area contributed by atoms with Crippen molar-refractivity contribution < 1.29 is 13.2 Å². The number of hydrogen-bond acceptors (Lipinski definition) is 5. The minimum absolute atomic E-state index is 0.0430. The summed E-state index contributed by atoms with van der Waals surface area (Å²) in [6.45, 7) is 2.59. The quantitative estimate of drug-likeness (QED) is 0.898. The van der Waals surface area contributed by atoms with Crippen LogP contribution in [-0.2, 0) is 16.4 Å². The third kappa shape index (κ3) is 4.41. The lowest BCUT2D eigenvalue weighted by Crippen LogP contribution is -2.33. The number of nitrogens with zero attached hydrogens (tertiary/aromatic N) is 1. The third-order valence-electron chi connectivity index (χ3n) is 3.89. The Kier molecular flexibility index (Phi) is 5.22. The van der Waals surface area contributed by atoms with Crippen LogP contribution in [0.3, 0.4) is 0 Å². The van der Waals surface area contributed by atoms with Crippen LogP contribution < -0.4 is 10.1 Å². The maximum atomic E-state index is 11.7. The van der Waals surface area contributed by atoms with E-state index in [-0.39, 0.29) is 11.4 Å². The van der Waals surface area contributed by atoms with E-state index in [1.165, 1.54) is 6.26 Å². The summed E-state index contributed by atoms with van der Waals surface area (Å²) in [5.41, 5.74) is 1.82. The van der Waals surface area contributed by atoms with Gasteiger partial charge in [-0.05, 0) is 45.4 Å². The normalized spacial score (nSPS) is 23.0. The van der Waals surface area contributed by atoms with E-state index in [0.29, 0.717) is 13.0 Å². The van der Waals surface area contributed by atoms with Crippen LogP contribution in [0.25, 0.3) is 0 Å². The van der Waals surface area contributed by atoms with E-state index in [9.17, 15) is 8.42 Å². The van der Waals surface area contributed by atoms with E-state index < -0.39 is 9.84 Å². The average Bonchev–Trinajstić information content (AvgIpc) is 2.42. The van der Waals surface area contributed by atoms with E-state index in [2.05, 4.69) is 10.3 Å². The molecule has 21 heavy (non-hydrogen) atoms. The number of ether oxygens (including phenoxy) is 1. The van der Waals surface area contributed by atoms with Crippen molar-refractivity contribution in [3.8, 4) is 5.75 Å². The zero-order valence-electron chi connectivity index (χ0n) is 12.9. The fourth-order valence-electron chi connectivity index (χ4n) is 2.78. The summed E-state index contributed by atoms with van der Waals surface area (Å²) in [6.07, 6.45) is 4.39. The minimum Gasteiger partial charge on any atom is -0.488 e. The first-order chi connectivity index (χ1) is 9.90. The van der Waals surface area contributed by atoms with Crippen LogP contribution in [0.5, 0.6) is 5.75 Å². The van der Waals surface area contributed by atoms with Crippen molar-refractivity contribution in [3.05, 3.63) is 23.5 Å². The Morgan fingerprint density at radius 2 is 2.14 bits per heavy atom. The van der Waals surface area contributed by atoms with E-state index in [1.54, 1.807) is 0 Å². The zero-order chi connectivity index (χ0) is 15.5. The number of aryl methyl sites for hydroxylation is 1. The summed E-state index contributed by atoms with van der Waals surface area (Å²) in [6, 6.07) is 3.85. The lowest BCUT2D eigenvalue weighted by molar-refractivity contribution is 0.154. The molecule has 0 aromatic carbocycles. The monoisotopic (exact) mass is 312 g/mol. The second-order valence-electron chi connectivity index (χ2n) is 5.79. The van der Waals surface area contributed by atoms with Crippen LogP contribution in [0, 0.1) is 6.92 Å². The second-order valence-corrected chi connectivity index (χ2v) is 8.11. The predicted octanol–water partition coefficient (Wildman–Crippen LogP) is 1.84. The van der Waals surface area contributed by atoms with Crippen molar-refractivity contribution >= 4 is 9.84 Å². The summed E-state index contributed by atoms with van der Waals surface area (Å²) >= 11 is 0. The molecular formula is C15H24N2O3S. The first-order valence-electron chi connectivity index (χ1n) is 7.37. The highest BCUT2D eigenvalue weighted by atomic mass is 32.2. The molecule has 0 aliphatic heterocycles. The largest absolute Gasteiger partial charge is 0.488 e. The van der Waals surface area contributed by atoms with Gasteiger partial charge in [-0.1, -0.05) is 0 Å². The van der Waals surface area contributed by atoms with Gasteiger partial charge in [-0.2, -0.15) is 0 Å². The molecule has 0 radical (unpaired) electrons. The molecule has 1 aromatic rings. The van der Waals surface area contributed by atoms with Crippen LogP contribution in [0.2, 0.25) is 0 Å². The van der Waals surface area contributed by atoms with Crippen molar-refractivity contribution in [2.45, 2.75) is 50.5 Å². The molecule has 2 atom stereocenters. The minimum atomic E-state index is -2.99. The molecule has 1 saturated carbocycles. The highest BCUT2D eigenvalue weighted by Gasteiger charge is 2.30. The molecule has 6 heteroatoms. The highest BCUT2D eigenvalue weighted by Crippen LogP contribution is 2.28. The number of nitrogens with one attached hydrogen (secondary N) is 1. The van der Waals surface area contributed by atoms with Crippen LogP contribution in [0.1, 0.15) is 37.1 Å². The van der Waals surface area contributed by atoms with Crippen LogP contribution in [0.4, 0.5) is 0 Å². The first kappa shape index (κ1) is 16.2. The van der Waals surface area contributed by atoms with E-state index in [0.717, 1.165) is 36.4 Å². The standard InChI is InChI=1S/C15H24N2O3S/c1-11-7-8-15(14(17-11)10-16-2)20-12-5-4-6-13(9-12)21(3,18)19/h7-8,12-13,16H,4-6,9-10H2,1-3H3. The molecule has 1 heterocycles. The van der Waals surface area contributed by atoms with Gasteiger partial charge in [0.25, 0.3) is 0 Å². The van der Waals surface area contributed by atoms with Crippen LogP contribution in [0.15, 0.2) is 12.1 Å². The molecule has 2 unspecified atom stereocenters. The number of rotatable bonds is 5. The molecule has 0 saturated heterocycles. The molecule has 5 nitrogen and oxygen atoms in total. The maximum absolute atomic E-state index is 11.7. The van der Waals surface area contributed by atoms with Crippen molar-refractivity contribution in [1.82, 2.24) is 10.3 Å². The fourth-order valence-corrected chi connectivity index (χ4v) is 3.94. The molecule has 0 amide bonds. The molecule has 2 rings (SSSR count). The Morgan fingerprint density at radius 3 is 2.81 bits per heavy atom. The lowest BCUT2D eigenvalue weighted by atomic mass is 9.97. The molecule has 118 valence electrons. The SMILES string of the molecule is CNCc1nc(C)ccc1OC1CCCC(S(C)(=O)=O)C1. The van der Waals surface area contributed by atoms with Crippen LogP contribution in [-0.4, -0.2) is 38.1 Å². The molecule has 1 fully saturated rings. The van der Waals surface area contributed by atoms with Gasteiger partial charge in [0.15, 0.2) is 0 Å². The third-order valence-corrected chi connectivity index (χ3v) is 5.53. The van der Waals surface area contributed by atoms with Gasteiger partial charge in [-0.3, -0.25) is 4.98 Å². The van der Waals surface area contributed by atoms with Crippen molar-refractivity contribution in [1.29, 1.82) is 0 Å². The summed E-state index contributed by atoms with van der Waals surface area (Å²) in [7, 11) is -1.12. The van der Waals surface area contributed by atoms with Gasteiger partial charge in [0.2, 0.25) is 0 Å². The lowest BCUT2D eigenvalue weighted by Gasteiger charge is -2.29. The summed E-state index contributed by atoms with van der Waals surface area (Å²) in [5.74, 6) is 0.758. The van der Waals surface area contributed by atoms with Gasteiger partial charge in [-0.25, -0.2) is 8.42 Å². The molecular weight excluding hydrogens is 288 g/mol. The van der Waals surface area contributed by atoms with Gasteiger partial charge < -0.3 is 10.1 Å². The first-order valence-corrected chi connectivity index (χ1v) is 9.32. The number of sulfone groups is 1. The smallest absolute Gasteiger partial charge is 0.150 e. The van der Waals surface area contributed by atoms with Gasteiger partial charge in [0.05, 0.1) is 10.9 Å². The Hall–Kier alpha value is -1.14. The van der Waals surface area contributed by atoms with Crippen LogP contribution >= 0.6 is 0 Å². The van der Waals surface area contributed by atoms with Gasteiger partial charge in [-0.15, -0.1) is 0 Å². The van der Waals surface area contributed by atoms with Crippen molar-refractivity contribution in [2.24, 2.45) is 0 Å². The van der Waals surface area contributed by atoms with Gasteiger partial charge >= 0.3 is 0 Å². The maximum Gasteiger partial charge on any atom is 0.150 e. The molecule has 1 aliphatic rings. The van der Waals surface area contributed by atoms with Crippen molar-refractivity contribution in [2.75, 3.05) is 13.3 Å². The summed E-state index contributed by atoms with van der Waals surface area (Å²) < 4.78 is 29.5. The predicted molar refractivity (Wildman–Crippen MR) is 83.3 cm³/mol. The Morgan fingerprint density at radius 1 is 1.38 bits per heavy atom. The fraction of sp³-hybridized carbons (Fsp3) is 0.667. The average molecular weight is 312 g/mol. The van der Waals surface area contributed by atoms with Gasteiger partial charge in [0.1, 0.15) is 21.7 Å². The number of pyridine rings is 1. The highest BCUT2D eigenvalue weighted by molar-refractivity contribution is 7.91. The van der Waals surface area contributed by atoms with Crippen molar-refractivity contribution in [3.63, 3.8) is 0 Å². The number of aromatic nitrogens is 1. The van der Waals surface area contributed by atoms with E-state index in [1.807, 2.05) is 26.1 Å². The van der Waals surface area contributed by atoms with E-state index in [4.69, 9.17) is 4.74 Å². The molecule has 0 spiro atoms. The Bertz CT molecular complexity index is 587. The molecule has 1 N–H and O–H groups in total. The Balaban J connectivity index is 2.11. The van der Waals surface area contributed by atoms with Gasteiger partial charge in [0, 0.05) is 24.9 Å². The molecule has 1 aliphatic carbocycles. The second kappa shape index (κ2) is 6.75. The van der Waals surface area contributed by atoms with E-state index >= 15 is 0 Å². The zero-order valence-corrected chi connectivity index (χ0v) is 13.7.